The van der Waals surface area contributed by atoms with Gasteiger partial charge in [0.25, 0.3) is 0 Å². The number of ketones is 1. The van der Waals surface area contributed by atoms with Crippen LogP contribution in [0, 0.1) is 0 Å². The van der Waals surface area contributed by atoms with Crippen LogP contribution in [0.5, 0.6) is 5.75 Å². The molecule has 5 rings (SSSR count). The second-order valence-corrected chi connectivity index (χ2v) is 11.0. The van der Waals surface area contributed by atoms with E-state index in [9.17, 15) is 9.59 Å². The Morgan fingerprint density at radius 1 is 1.03 bits per heavy atom. The van der Waals surface area contributed by atoms with Crippen LogP contribution in [0.3, 0.4) is 0 Å². The number of hydrogen-bond donors (Lipinski definition) is 2. The van der Waals surface area contributed by atoms with Gasteiger partial charge in [-0.3, -0.25) is 9.59 Å². The maximum Gasteiger partial charge on any atom is 0.248 e. The number of amides is 1. The third-order valence-corrected chi connectivity index (χ3v) is 8.44. The third-order valence-electron chi connectivity index (χ3n) is 8.44. The van der Waals surface area contributed by atoms with Gasteiger partial charge in [-0.1, -0.05) is 12.1 Å². The smallest absolute Gasteiger partial charge is 0.248 e. The number of likely N-dealkylation sites (tertiary alicyclic amines) is 1. The Labute approximate surface area is 231 Å². The van der Waals surface area contributed by atoms with Crippen LogP contribution < -0.4 is 20.7 Å². The Morgan fingerprint density at radius 2 is 1.79 bits per heavy atom. The van der Waals surface area contributed by atoms with Crippen molar-refractivity contribution in [3.63, 3.8) is 0 Å². The average Bonchev–Trinajstić information content (AvgIpc) is 3.38. The van der Waals surface area contributed by atoms with Crippen LogP contribution in [0.4, 0.5) is 5.69 Å². The van der Waals surface area contributed by atoms with Gasteiger partial charge in [-0.2, -0.15) is 0 Å². The number of piperidine rings is 2. The molecule has 2 fully saturated rings. The maximum atomic E-state index is 11.7. The Balaban J connectivity index is 1.20. The number of benzene rings is 2. The number of methoxy groups -OCH3 is 1. The summed E-state index contributed by atoms with van der Waals surface area (Å²) in [6.07, 6.45) is 7.31. The molecule has 0 saturated carbocycles. The number of carbonyl (C=O) groups is 2. The van der Waals surface area contributed by atoms with Crippen LogP contribution in [-0.2, 0) is 11.2 Å². The van der Waals surface area contributed by atoms with Crippen molar-refractivity contribution >= 4 is 28.3 Å². The van der Waals surface area contributed by atoms with E-state index >= 15 is 0 Å². The quantitative estimate of drug-likeness (QED) is 0.414. The Morgan fingerprint density at radius 3 is 2.49 bits per heavy atom. The topological polar surface area (TPSA) is 92.8 Å². The Hall–Kier alpha value is -3.36. The molecule has 8 nitrogen and oxygen atoms in total. The van der Waals surface area contributed by atoms with E-state index < -0.39 is 0 Å². The summed E-state index contributed by atoms with van der Waals surface area (Å²) >= 11 is 0. The van der Waals surface area contributed by atoms with Gasteiger partial charge in [0, 0.05) is 73.3 Å². The molecule has 1 amide bonds. The Bertz CT molecular complexity index is 1300. The molecule has 2 aliphatic rings. The molecule has 39 heavy (non-hydrogen) atoms. The van der Waals surface area contributed by atoms with Gasteiger partial charge in [0.15, 0.2) is 0 Å². The minimum Gasteiger partial charge on any atom is -0.496 e. The summed E-state index contributed by atoms with van der Waals surface area (Å²) in [5.41, 5.74) is 9.73. The lowest BCUT2D eigenvalue weighted by atomic mass is 10.00. The molecule has 8 heteroatoms. The van der Waals surface area contributed by atoms with Crippen molar-refractivity contribution in [2.75, 3.05) is 51.3 Å². The van der Waals surface area contributed by atoms with Crippen LogP contribution >= 0.6 is 0 Å². The molecule has 2 saturated heterocycles. The highest BCUT2D eigenvalue weighted by atomic mass is 16.5. The van der Waals surface area contributed by atoms with Crippen molar-refractivity contribution < 1.29 is 14.3 Å². The second-order valence-electron chi connectivity index (χ2n) is 11.0. The van der Waals surface area contributed by atoms with Crippen LogP contribution in [0.2, 0.25) is 0 Å². The molecule has 0 spiro atoms. The number of anilines is 1. The van der Waals surface area contributed by atoms with Crippen molar-refractivity contribution in [1.29, 1.82) is 0 Å². The van der Waals surface area contributed by atoms with Gasteiger partial charge in [0.1, 0.15) is 11.5 Å². The van der Waals surface area contributed by atoms with E-state index in [4.69, 9.17) is 10.5 Å². The van der Waals surface area contributed by atoms with Gasteiger partial charge in [-0.25, -0.2) is 0 Å². The molecule has 0 radical (unpaired) electrons. The highest BCUT2D eigenvalue weighted by Gasteiger charge is 2.25. The largest absolute Gasteiger partial charge is 0.496 e. The number of Topliss-reactive ketones (excluding diaryl/α,β-unsaturated/α-hetero) is 1. The molecule has 1 aromatic heterocycles. The van der Waals surface area contributed by atoms with E-state index in [-0.39, 0.29) is 11.7 Å². The first-order valence-electron chi connectivity index (χ1n) is 14.2. The van der Waals surface area contributed by atoms with Crippen molar-refractivity contribution in [3.05, 3.63) is 59.8 Å². The highest BCUT2D eigenvalue weighted by molar-refractivity contribution is 5.97. The molecule has 3 aromatic rings. The van der Waals surface area contributed by atoms with E-state index in [0.717, 1.165) is 81.5 Å². The number of hydrogen-bond acceptors (Lipinski definition) is 6. The number of carbonyl (C=O) groups excluding carboxylic acids is 2. The molecule has 2 aromatic carbocycles. The molecule has 0 unspecified atom stereocenters. The predicted molar refractivity (Wildman–Crippen MR) is 156 cm³/mol. The fraction of sp³-hybridized carbons (Fsp3) is 0.484. The van der Waals surface area contributed by atoms with Crippen LogP contribution in [-0.4, -0.2) is 73.6 Å². The van der Waals surface area contributed by atoms with Crippen LogP contribution in [0.25, 0.3) is 10.9 Å². The normalized spacial score (nSPS) is 17.5. The highest BCUT2D eigenvalue weighted by Crippen LogP contribution is 2.33. The number of nitrogens with one attached hydrogen (secondary N) is 1. The molecule has 0 aliphatic carbocycles. The zero-order chi connectivity index (χ0) is 27.4. The van der Waals surface area contributed by atoms with Gasteiger partial charge in [0.05, 0.1) is 13.7 Å². The van der Waals surface area contributed by atoms with Crippen molar-refractivity contribution in [3.8, 4) is 5.75 Å². The summed E-state index contributed by atoms with van der Waals surface area (Å²) < 4.78 is 8.13. The fourth-order valence-corrected chi connectivity index (χ4v) is 6.22. The summed E-state index contributed by atoms with van der Waals surface area (Å²) in [5, 5.41) is 4.54. The standard InChI is InChI=1S/C31H41N5O3/c1-22(37)21-33-25-9-17-35(18-10-25)28-4-3-5-30(39-2)27(28)13-16-34-14-11-26(12-15-34)36-19-8-23-6-7-24(31(32)38)20-29(23)36/h3-8,19-20,25-26,33H,9-18,21H2,1-2H3,(H2,32,38). The molecular weight excluding hydrogens is 490 g/mol. The van der Waals surface area contributed by atoms with Crippen LogP contribution in [0.1, 0.15) is 54.6 Å². The summed E-state index contributed by atoms with van der Waals surface area (Å²) in [6, 6.07) is 15.0. The number of nitrogens with zero attached hydrogens (tertiary/aromatic N) is 3. The number of primary amides is 1. The van der Waals surface area contributed by atoms with Gasteiger partial charge in [-0.05, 0) is 74.7 Å². The summed E-state index contributed by atoms with van der Waals surface area (Å²) in [7, 11) is 1.76. The van der Waals surface area contributed by atoms with E-state index in [1.165, 1.54) is 11.3 Å². The van der Waals surface area contributed by atoms with Gasteiger partial charge >= 0.3 is 0 Å². The molecule has 0 atom stereocenters. The molecule has 3 heterocycles. The van der Waals surface area contributed by atoms with Gasteiger partial charge < -0.3 is 30.2 Å². The molecule has 208 valence electrons. The first kappa shape index (κ1) is 27.2. The van der Waals surface area contributed by atoms with Crippen LogP contribution in [0.15, 0.2) is 48.7 Å². The number of nitrogens with two attached hydrogens (primary N) is 1. The summed E-state index contributed by atoms with van der Waals surface area (Å²) in [4.78, 5) is 28.1. The molecule has 2 aliphatic heterocycles. The van der Waals surface area contributed by atoms with Crippen molar-refractivity contribution in [1.82, 2.24) is 14.8 Å². The lowest BCUT2D eigenvalue weighted by Gasteiger charge is -2.36. The SMILES string of the molecule is COc1cccc(N2CCC(NCC(C)=O)CC2)c1CCN1CCC(n2ccc3ccc(C(N)=O)cc32)CC1. The lowest BCUT2D eigenvalue weighted by molar-refractivity contribution is -0.116. The zero-order valence-corrected chi connectivity index (χ0v) is 23.2. The second kappa shape index (κ2) is 12.2. The summed E-state index contributed by atoms with van der Waals surface area (Å²) in [5.74, 6) is 0.767. The van der Waals surface area contributed by atoms with Crippen molar-refractivity contribution in [2.24, 2.45) is 5.73 Å². The lowest BCUT2D eigenvalue weighted by Crippen LogP contribution is -2.44. The zero-order valence-electron chi connectivity index (χ0n) is 23.2. The number of rotatable bonds is 10. The fourth-order valence-electron chi connectivity index (χ4n) is 6.22. The monoisotopic (exact) mass is 531 g/mol. The van der Waals surface area contributed by atoms with Crippen molar-refractivity contribution in [2.45, 2.75) is 51.1 Å². The first-order valence-corrected chi connectivity index (χ1v) is 14.2. The molecule has 0 bridgehead atoms. The van der Waals surface area contributed by atoms with E-state index in [1.807, 2.05) is 12.1 Å². The van der Waals surface area contributed by atoms with E-state index in [2.05, 4.69) is 50.1 Å². The van der Waals surface area contributed by atoms with E-state index in [0.29, 0.717) is 24.2 Å². The predicted octanol–water partition coefficient (Wildman–Crippen LogP) is 3.78. The van der Waals surface area contributed by atoms with Gasteiger partial charge in [-0.15, -0.1) is 0 Å². The third kappa shape index (κ3) is 6.28. The minimum absolute atomic E-state index is 0.190. The van der Waals surface area contributed by atoms with Gasteiger partial charge in [0.2, 0.25) is 5.91 Å². The summed E-state index contributed by atoms with van der Waals surface area (Å²) in [6.45, 7) is 7.12. The molecule has 3 N–H and O–H groups in total. The minimum atomic E-state index is -0.385. The first-order chi connectivity index (χ1) is 18.9. The number of aromatic nitrogens is 1. The number of ether oxygens (including phenoxy) is 1. The van der Waals surface area contributed by atoms with E-state index in [1.54, 1.807) is 20.1 Å². The average molecular weight is 532 g/mol. The molecular formula is C31H41N5O3. The maximum absolute atomic E-state index is 11.7. The Kier molecular flexibility index (Phi) is 8.53. The number of fused-ring (bicyclic) bond motifs is 1.